The molecule has 1 heterocycles. The first-order valence-corrected chi connectivity index (χ1v) is 11.6. The zero-order valence-electron chi connectivity index (χ0n) is 20.1. The third kappa shape index (κ3) is 5.48. The number of aromatic nitrogens is 3. The van der Waals surface area contributed by atoms with Gasteiger partial charge in [-0.2, -0.15) is 0 Å². The Balaban J connectivity index is 1.61. The molecule has 0 radical (unpaired) electrons. The minimum atomic E-state index is -0.668. The highest BCUT2D eigenvalue weighted by atomic mass is 16.5. The van der Waals surface area contributed by atoms with E-state index in [0.29, 0.717) is 24.4 Å². The Morgan fingerprint density at radius 3 is 2.46 bits per heavy atom. The van der Waals surface area contributed by atoms with E-state index >= 15 is 0 Å². The van der Waals surface area contributed by atoms with E-state index in [-0.39, 0.29) is 18.4 Å². The molecule has 0 bridgehead atoms. The average molecular weight is 472 g/mol. The number of aryl methyl sites for hydroxylation is 1. The molecule has 0 aliphatic carbocycles. The van der Waals surface area contributed by atoms with Crippen LogP contribution in [-0.4, -0.2) is 44.9 Å². The van der Waals surface area contributed by atoms with Crippen LogP contribution in [0.4, 0.5) is 5.69 Å². The van der Waals surface area contributed by atoms with E-state index in [1.807, 2.05) is 62.4 Å². The summed E-state index contributed by atoms with van der Waals surface area (Å²) in [5, 5.41) is 11.3. The van der Waals surface area contributed by atoms with Gasteiger partial charge in [0.25, 0.3) is 0 Å². The Morgan fingerprint density at radius 2 is 1.74 bits per heavy atom. The first kappa shape index (κ1) is 23.9. The topological polar surface area (TPSA) is 89.4 Å². The number of benzene rings is 3. The smallest absolute Gasteiger partial charge is 0.247 e. The maximum absolute atomic E-state index is 13.7. The molecule has 1 N–H and O–H groups in total. The van der Waals surface area contributed by atoms with Crippen molar-refractivity contribution in [2.75, 3.05) is 12.4 Å². The fraction of sp³-hybridized carbons (Fsp3) is 0.259. The monoisotopic (exact) mass is 471 g/mol. The van der Waals surface area contributed by atoms with Gasteiger partial charge in [-0.1, -0.05) is 48.5 Å². The molecule has 1 unspecified atom stereocenters. The van der Waals surface area contributed by atoms with Gasteiger partial charge in [-0.25, -0.2) is 4.68 Å². The highest BCUT2D eigenvalue weighted by Crippen LogP contribution is 2.20. The second kappa shape index (κ2) is 10.8. The van der Waals surface area contributed by atoms with E-state index < -0.39 is 6.04 Å². The lowest BCUT2D eigenvalue weighted by molar-refractivity contribution is -0.140. The highest BCUT2D eigenvalue weighted by Gasteiger charge is 2.29. The van der Waals surface area contributed by atoms with Gasteiger partial charge < -0.3 is 15.0 Å². The fourth-order valence-electron chi connectivity index (χ4n) is 4.04. The van der Waals surface area contributed by atoms with Gasteiger partial charge in [0.2, 0.25) is 11.8 Å². The summed E-state index contributed by atoms with van der Waals surface area (Å²) in [7, 11) is 1.59. The lowest BCUT2D eigenvalue weighted by Gasteiger charge is -2.31. The number of hydrogen-bond acceptors (Lipinski definition) is 5. The van der Waals surface area contributed by atoms with Gasteiger partial charge in [-0.15, -0.1) is 5.10 Å². The number of anilines is 1. The Hall–Kier alpha value is -4.20. The lowest BCUT2D eigenvalue weighted by atomic mass is 10.1. The van der Waals surface area contributed by atoms with Gasteiger partial charge in [0.1, 0.15) is 23.9 Å². The third-order valence-corrected chi connectivity index (χ3v) is 6.05. The zero-order valence-corrected chi connectivity index (χ0v) is 20.1. The summed E-state index contributed by atoms with van der Waals surface area (Å²) in [6, 6.07) is 21.8. The van der Waals surface area contributed by atoms with E-state index in [1.165, 1.54) is 0 Å². The number of amides is 2. The summed E-state index contributed by atoms with van der Waals surface area (Å²) >= 11 is 0. The molecule has 4 rings (SSSR count). The number of methoxy groups -OCH3 is 1. The van der Waals surface area contributed by atoms with Crippen LogP contribution in [0.2, 0.25) is 0 Å². The van der Waals surface area contributed by atoms with Gasteiger partial charge in [0.15, 0.2) is 0 Å². The van der Waals surface area contributed by atoms with Gasteiger partial charge in [-0.05, 0) is 60.9 Å². The van der Waals surface area contributed by atoms with Crippen molar-refractivity contribution in [1.29, 1.82) is 0 Å². The number of nitrogens with one attached hydrogen (secondary N) is 1. The number of para-hydroxylation sites is 1. The normalized spacial score (nSPS) is 11.7. The van der Waals surface area contributed by atoms with E-state index in [1.54, 1.807) is 41.0 Å². The van der Waals surface area contributed by atoms with E-state index in [0.717, 1.165) is 22.2 Å². The van der Waals surface area contributed by atoms with Crippen LogP contribution in [0.15, 0.2) is 72.8 Å². The Morgan fingerprint density at radius 1 is 1.03 bits per heavy atom. The highest BCUT2D eigenvalue weighted by molar-refractivity contribution is 5.97. The standard InChI is InChI=1S/C27H29N5O3/c1-4-24(27(34)28-21-13-15-22(35-3)16-14-21)31(17-20-10-6-5-9-19(20)2)26(33)18-32-25-12-8-7-11-23(25)29-30-32/h5-16,24H,4,17-18H2,1-3H3,(H,28,34). The molecule has 2 amide bonds. The third-order valence-electron chi connectivity index (χ3n) is 6.05. The second-order valence-electron chi connectivity index (χ2n) is 8.33. The molecule has 8 heteroatoms. The lowest BCUT2D eigenvalue weighted by Crippen LogP contribution is -2.48. The van der Waals surface area contributed by atoms with Crippen molar-refractivity contribution < 1.29 is 14.3 Å². The van der Waals surface area contributed by atoms with Crippen molar-refractivity contribution in [1.82, 2.24) is 19.9 Å². The number of ether oxygens (including phenoxy) is 1. The Kier molecular flexibility index (Phi) is 7.40. The van der Waals surface area contributed by atoms with Crippen LogP contribution in [0.5, 0.6) is 5.75 Å². The predicted octanol–water partition coefficient (Wildman–Crippen LogP) is 4.19. The number of fused-ring (bicyclic) bond motifs is 1. The van der Waals surface area contributed by atoms with Crippen molar-refractivity contribution in [2.24, 2.45) is 0 Å². The fourth-order valence-corrected chi connectivity index (χ4v) is 4.04. The number of rotatable bonds is 9. The summed E-state index contributed by atoms with van der Waals surface area (Å²) in [4.78, 5) is 28.7. The summed E-state index contributed by atoms with van der Waals surface area (Å²) < 4.78 is 6.77. The Bertz CT molecular complexity index is 1320. The zero-order chi connectivity index (χ0) is 24.8. The van der Waals surface area contributed by atoms with Crippen molar-refractivity contribution in [3.8, 4) is 5.75 Å². The van der Waals surface area contributed by atoms with Crippen LogP contribution in [0.3, 0.4) is 0 Å². The van der Waals surface area contributed by atoms with E-state index in [2.05, 4.69) is 15.6 Å². The molecule has 1 aromatic heterocycles. The van der Waals surface area contributed by atoms with Crippen molar-refractivity contribution in [2.45, 2.75) is 39.4 Å². The van der Waals surface area contributed by atoms with Gasteiger partial charge >= 0.3 is 0 Å². The number of carbonyl (C=O) groups is 2. The summed E-state index contributed by atoms with van der Waals surface area (Å²) in [5.74, 6) is 0.246. The SMILES string of the molecule is CCC(C(=O)Nc1ccc(OC)cc1)N(Cc1ccccc1C)C(=O)Cn1nnc2ccccc21. The van der Waals surface area contributed by atoms with Crippen LogP contribution in [-0.2, 0) is 22.7 Å². The first-order valence-electron chi connectivity index (χ1n) is 11.6. The average Bonchev–Trinajstić information content (AvgIpc) is 3.28. The molecule has 0 spiro atoms. The van der Waals surface area contributed by atoms with Crippen LogP contribution < -0.4 is 10.1 Å². The molecule has 180 valence electrons. The minimum Gasteiger partial charge on any atom is -0.497 e. The molecule has 0 aliphatic heterocycles. The molecule has 8 nitrogen and oxygen atoms in total. The molecule has 0 saturated carbocycles. The number of nitrogens with zero attached hydrogens (tertiary/aromatic N) is 4. The van der Waals surface area contributed by atoms with Crippen LogP contribution in [0.25, 0.3) is 11.0 Å². The molecule has 0 saturated heterocycles. The predicted molar refractivity (Wildman–Crippen MR) is 135 cm³/mol. The van der Waals surface area contributed by atoms with Gasteiger partial charge in [-0.3, -0.25) is 9.59 Å². The van der Waals surface area contributed by atoms with Crippen LogP contribution in [0.1, 0.15) is 24.5 Å². The van der Waals surface area contributed by atoms with Crippen LogP contribution >= 0.6 is 0 Å². The first-order chi connectivity index (χ1) is 17.0. The van der Waals surface area contributed by atoms with Gasteiger partial charge in [0, 0.05) is 12.2 Å². The van der Waals surface area contributed by atoms with Crippen LogP contribution in [0, 0.1) is 6.92 Å². The van der Waals surface area contributed by atoms with Gasteiger partial charge in [0.05, 0.1) is 12.6 Å². The number of carbonyl (C=O) groups excluding carboxylic acids is 2. The molecule has 0 aliphatic rings. The summed E-state index contributed by atoms with van der Waals surface area (Å²) in [6.07, 6.45) is 0.456. The van der Waals surface area contributed by atoms with Crippen molar-refractivity contribution in [3.05, 3.63) is 83.9 Å². The largest absolute Gasteiger partial charge is 0.497 e. The maximum Gasteiger partial charge on any atom is 0.247 e. The van der Waals surface area contributed by atoms with Crippen molar-refractivity contribution in [3.63, 3.8) is 0 Å². The van der Waals surface area contributed by atoms with E-state index in [4.69, 9.17) is 4.74 Å². The maximum atomic E-state index is 13.7. The molecule has 4 aromatic rings. The molecule has 3 aromatic carbocycles. The quantitative estimate of drug-likeness (QED) is 0.395. The molecule has 0 fully saturated rings. The number of hydrogen-bond donors (Lipinski definition) is 1. The van der Waals surface area contributed by atoms with E-state index in [9.17, 15) is 9.59 Å². The van der Waals surface area contributed by atoms with Crippen molar-refractivity contribution >= 4 is 28.5 Å². The Labute approximate surface area is 204 Å². The molecular formula is C27H29N5O3. The molecule has 1 atom stereocenters. The minimum absolute atomic E-state index is 0.0152. The summed E-state index contributed by atoms with van der Waals surface area (Å²) in [5.41, 5.74) is 4.17. The molecule has 35 heavy (non-hydrogen) atoms. The summed E-state index contributed by atoms with van der Waals surface area (Å²) in [6.45, 7) is 4.20. The molecular weight excluding hydrogens is 442 g/mol. The second-order valence-corrected chi connectivity index (χ2v) is 8.33.